The summed E-state index contributed by atoms with van der Waals surface area (Å²) in [4.78, 5) is 11.1. The summed E-state index contributed by atoms with van der Waals surface area (Å²) in [5.74, 6) is 1.69. The largest absolute Gasteiger partial charge is 0.496 e. The summed E-state index contributed by atoms with van der Waals surface area (Å²) in [6, 6.07) is 6.11. The topological polar surface area (TPSA) is 95.0 Å². The quantitative estimate of drug-likeness (QED) is 0.768. The fourth-order valence-corrected chi connectivity index (χ4v) is 3.21. The summed E-state index contributed by atoms with van der Waals surface area (Å²) in [6.45, 7) is 2.12. The number of hydrogen-bond acceptors (Lipinski definition) is 7. The molecule has 0 saturated carbocycles. The van der Waals surface area contributed by atoms with Gasteiger partial charge in [-0.25, -0.2) is 14.6 Å². The van der Waals surface area contributed by atoms with E-state index in [1.807, 2.05) is 29.1 Å². The summed E-state index contributed by atoms with van der Waals surface area (Å²) in [5, 5.41) is 9.22. The zero-order valence-corrected chi connectivity index (χ0v) is 13.5. The summed E-state index contributed by atoms with van der Waals surface area (Å²) in [5.41, 5.74) is 7.31. The Morgan fingerprint density at radius 1 is 1.33 bits per heavy atom. The Morgan fingerprint density at radius 2 is 2.25 bits per heavy atom. The predicted molar refractivity (Wildman–Crippen MR) is 89.9 cm³/mol. The summed E-state index contributed by atoms with van der Waals surface area (Å²) in [7, 11) is 1.67. The van der Waals surface area contributed by atoms with E-state index in [1.54, 1.807) is 13.4 Å². The molecule has 1 aromatic carbocycles. The molecule has 124 valence electrons. The molecule has 1 unspecified atom stereocenters. The molecule has 3 aromatic rings. The summed E-state index contributed by atoms with van der Waals surface area (Å²) < 4.78 is 7.41. The second kappa shape index (κ2) is 6.04. The first-order chi connectivity index (χ1) is 11.8. The molecule has 3 heterocycles. The van der Waals surface area contributed by atoms with Crippen molar-refractivity contribution in [2.75, 3.05) is 25.1 Å². The van der Waals surface area contributed by atoms with Crippen LogP contribution in [-0.2, 0) is 6.54 Å². The highest BCUT2D eigenvalue weighted by molar-refractivity contribution is 5.94. The van der Waals surface area contributed by atoms with Gasteiger partial charge in [0.2, 0.25) is 0 Å². The van der Waals surface area contributed by atoms with E-state index in [4.69, 9.17) is 10.5 Å². The van der Waals surface area contributed by atoms with Crippen LogP contribution in [-0.4, -0.2) is 45.2 Å². The lowest BCUT2D eigenvalue weighted by Crippen LogP contribution is -2.22. The molecule has 0 aliphatic carbocycles. The fraction of sp³-hybridized carbons (Fsp3) is 0.375. The van der Waals surface area contributed by atoms with E-state index in [0.29, 0.717) is 6.54 Å². The van der Waals surface area contributed by atoms with Crippen molar-refractivity contribution in [2.45, 2.75) is 19.0 Å². The van der Waals surface area contributed by atoms with E-state index in [1.165, 1.54) is 0 Å². The fourth-order valence-electron chi connectivity index (χ4n) is 3.21. The van der Waals surface area contributed by atoms with Gasteiger partial charge in [0.1, 0.15) is 17.9 Å². The Morgan fingerprint density at radius 3 is 3.04 bits per heavy atom. The molecule has 2 N–H and O–H groups in total. The van der Waals surface area contributed by atoms with E-state index < -0.39 is 0 Å². The molecule has 8 heteroatoms. The standard InChI is InChI=1S/C16H19N7O/c1-24-14-4-2-3-13-15(14)16(19-10-18-13)22-6-5-12(9-22)23-8-11(7-17)20-21-23/h2-4,8,10,12H,5-7,9,17H2,1H3. The first kappa shape index (κ1) is 14.8. The van der Waals surface area contributed by atoms with Crippen molar-refractivity contribution < 1.29 is 4.74 Å². The van der Waals surface area contributed by atoms with Gasteiger partial charge in [0.25, 0.3) is 0 Å². The minimum Gasteiger partial charge on any atom is -0.496 e. The molecule has 0 radical (unpaired) electrons. The minimum atomic E-state index is 0.262. The molecule has 0 spiro atoms. The number of benzene rings is 1. The van der Waals surface area contributed by atoms with Gasteiger partial charge in [0.15, 0.2) is 0 Å². The van der Waals surface area contributed by atoms with Gasteiger partial charge in [0, 0.05) is 19.6 Å². The van der Waals surface area contributed by atoms with Crippen molar-refractivity contribution in [1.29, 1.82) is 0 Å². The van der Waals surface area contributed by atoms with E-state index >= 15 is 0 Å². The van der Waals surface area contributed by atoms with Crippen LogP contribution < -0.4 is 15.4 Å². The van der Waals surface area contributed by atoms with Gasteiger partial charge in [-0.05, 0) is 18.6 Å². The van der Waals surface area contributed by atoms with E-state index in [0.717, 1.165) is 47.7 Å². The predicted octanol–water partition coefficient (Wildman–Crippen LogP) is 1.14. The molecule has 2 aromatic heterocycles. The third-order valence-corrected chi connectivity index (χ3v) is 4.43. The van der Waals surface area contributed by atoms with Gasteiger partial charge < -0.3 is 15.4 Å². The number of anilines is 1. The number of rotatable bonds is 4. The van der Waals surface area contributed by atoms with Gasteiger partial charge in [-0.1, -0.05) is 11.3 Å². The monoisotopic (exact) mass is 325 g/mol. The normalized spacial score (nSPS) is 17.6. The van der Waals surface area contributed by atoms with Crippen LogP contribution in [0, 0.1) is 0 Å². The highest BCUT2D eigenvalue weighted by Crippen LogP contribution is 2.34. The molecule has 1 aliphatic rings. The molecule has 8 nitrogen and oxygen atoms in total. The third kappa shape index (κ3) is 2.44. The Kier molecular flexibility index (Phi) is 3.73. The van der Waals surface area contributed by atoms with Crippen LogP contribution in [0.25, 0.3) is 10.9 Å². The smallest absolute Gasteiger partial charge is 0.143 e. The maximum atomic E-state index is 5.62. The van der Waals surface area contributed by atoms with Gasteiger partial charge in [-0.2, -0.15) is 0 Å². The molecular formula is C16H19N7O. The summed E-state index contributed by atoms with van der Waals surface area (Å²) >= 11 is 0. The van der Waals surface area contributed by atoms with Gasteiger partial charge in [-0.15, -0.1) is 5.10 Å². The number of aromatic nitrogens is 5. The Bertz CT molecular complexity index is 857. The molecule has 1 saturated heterocycles. The average molecular weight is 325 g/mol. The number of fused-ring (bicyclic) bond motifs is 1. The van der Waals surface area contributed by atoms with Crippen LogP contribution in [0.3, 0.4) is 0 Å². The molecule has 1 aliphatic heterocycles. The second-order valence-corrected chi connectivity index (χ2v) is 5.83. The van der Waals surface area contributed by atoms with Gasteiger partial charge >= 0.3 is 0 Å². The van der Waals surface area contributed by atoms with Crippen molar-refractivity contribution in [3.8, 4) is 5.75 Å². The van der Waals surface area contributed by atoms with Crippen LogP contribution in [0.15, 0.2) is 30.7 Å². The molecule has 1 fully saturated rings. The maximum Gasteiger partial charge on any atom is 0.143 e. The van der Waals surface area contributed by atoms with Crippen molar-refractivity contribution in [2.24, 2.45) is 5.73 Å². The Labute approximate surface area is 139 Å². The molecular weight excluding hydrogens is 306 g/mol. The lowest BCUT2D eigenvalue weighted by atomic mass is 10.2. The number of ether oxygens (including phenoxy) is 1. The van der Waals surface area contributed by atoms with Crippen LogP contribution in [0.1, 0.15) is 18.2 Å². The van der Waals surface area contributed by atoms with Crippen LogP contribution in [0.4, 0.5) is 5.82 Å². The second-order valence-electron chi connectivity index (χ2n) is 5.83. The van der Waals surface area contributed by atoms with E-state index in [2.05, 4.69) is 25.2 Å². The minimum absolute atomic E-state index is 0.262. The Balaban J connectivity index is 1.66. The van der Waals surface area contributed by atoms with Gasteiger partial charge in [-0.3, -0.25) is 0 Å². The third-order valence-electron chi connectivity index (χ3n) is 4.43. The average Bonchev–Trinajstić information content (AvgIpc) is 3.29. The number of nitrogens with zero attached hydrogens (tertiary/aromatic N) is 6. The highest BCUT2D eigenvalue weighted by Gasteiger charge is 2.27. The Hall–Kier alpha value is -2.74. The molecule has 0 bridgehead atoms. The van der Waals surface area contributed by atoms with Crippen molar-refractivity contribution in [3.63, 3.8) is 0 Å². The lowest BCUT2D eigenvalue weighted by molar-refractivity contribution is 0.419. The number of methoxy groups -OCH3 is 1. The molecule has 1 atom stereocenters. The van der Waals surface area contributed by atoms with Crippen LogP contribution in [0.5, 0.6) is 5.75 Å². The SMILES string of the molecule is COc1cccc2ncnc(N3CCC(n4cc(CN)nn4)C3)c12. The number of hydrogen-bond donors (Lipinski definition) is 1. The lowest BCUT2D eigenvalue weighted by Gasteiger charge is -2.20. The van der Waals surface area contributed by atoms with Crippen molar-refractivity contribution >= 4 is 16.7 Å². The van der Waals surface area contributed by atoms with Crippen LogP contribution in [0.2, 0.25) is 0 Å². The van der Waals surface area contributed by atoms with Crippen molar-refractivity contribution in [1.82, 2.24) is 25.0 Å². The first-order valence-corrected chi connectivity index (χ1v) is 7.93. The maximum absolute atomic E-state index is 5.62. The van der Waals surface area contributed by atoms with Crippen molar-refractivity contribution in [3.05, 3.63) is 36.4 Å². The van der Waals surface area contributed by atoms with E-state index in [9.17, 15) is 0 Å². The van der Waals surface area contributed by atoms with Crippen LogP contribution >= 0.6 is 0 Å². The highest BCUT2D eigenvalue weighted by atomic mass is 16.5. The number of nitrogens with two attached hydrogens (primary N) is 1. The zero-order valence-electron chi connectivity index (χ0n) is 13.5. The molecule has 24 heavy (non-hydrogen) atoms. The zero-order chi connectivity index (χ0) is 16.5. The first-order valence-electron chi connectivity index (χ1n) is 7.93. The molecule has 0 amide bonds. The molecule has 4 rings (SSSR count). The summed E-state index contributed by atoms with van der Waals surface area (Å²) in [6.07, 6.45) is 4.51. The van der Waals surface area contributed by atoms with E-state index in [-0.39, 0.29) is 6.04 Å². The van der Waals surface area contributed by atoms with Gasteiger partial charge in [0.05, 0.1) is 35.9 Å².